The Labute approximate surface area is 136 Å². The zero-order chi connectivity index (χ0) is 15.2. The summed E-state index contributed by atoms with van der Waals surface area (Å²) >= 11 is 3.55. The fraction of sp³-hybridized carbons (Fsp3) is 0.647. The maximum absolute atomic E-state index is 5.40. The Kier molecular flexibility index (Phi) is 6.37. The van der Waals surface area contributed by atoms with Crippen LogP contribution in [0.4, 0.5) is 0 Å². The average Bonchev–Trinajstić information content (AvgIpc) is 2.52. The van der Waals surface area contributed by atoms with Gasteiger partial charge < -0.3 is 14.8 Å². The molecule has 0 heterocycles. The summed E-state index contributed by atoms with van der Waals surface area (Å²) in [5.74, 6) is 2.35. The molecule has 0 amide bonds. The molecule has 4 heteroatoms. The molecule has 118 valence electrons. The highest BCUT2D eigenvalue weighted by Crippen LogP contribution is 2.36. The third-order valence-electron chi connectivity index (χ3n) is 4.48. The van der Waals surface area contributed by atoms with Crippen molar-refractivity contribution in [2.75, 3.05) is 14.2 Å². The molecule has 1 saturated carbocycles. The maximum Gasteiger partial charge on any atom is 0.174 e. The summed E-state index contributed by atoms with van der Waals surface area (Å²) in [6.45, 7) is 3.17. The van der Waals surface area contributed by atoms with Crippen molar-refractivity contribution < 1.29 is 9.47 Å². The zero-order valence-corrected chi connectivity index (χ0v) is 14.8. The Hall–Kier alpha value is -0.740. The molecule has 1 aromatic carbocycles. The van der Waals surface area contributed by atoms with Gasteiger partial charge in [-0.2, -0.15) is 0 Å². The molecule has 0 aliphatic heterocycles. The topological polar surface area (TPSA) is 30.5 Å². The van der Waals surface area contributed by atoms with Crippen LogP contribution in [0, 0.1) is 5.92 Å². The predicted molar refractivity (Wildman–Crippen MR) is 90.1 cm³/mol. The quantitative estimate of drug-likeness (QED) is 0.813. The summed E-state index contributed by atoms with van der Waals surface area (Å²) < 4.78 is 11.7. The lowest BCUT2D eigenvalue weighted by Crippen LogP contribution is -2.34. The van der Waals surface area contributed by atoms with E-state index >= 15 is 0 Å². The van der Waals surface area contributed by atoms with E-state index in [9.17, 15) is 0 Å². The molecule has 2 rings (SSSR count). The van der Waals surface area contributed by atoms with E-state index in [-0.39, 0.29) is 0 Å². The van der Waals surface area contributed by atoms with Gasteiger partial charge in [0, 0.05) is 12.6 Å². The Balaban J connectivity index is 1.97. The van der Waals surface area contributed by atoms with Crippen LogP contribution in [0.5, 0.6) is 11.5 Å². The van der Waals surface area contributed by atoms with Crippen molar-refractivity contribution >= 4 is 15.9 Å². The van der Waals surface area contributed by atoms with E-state index in [4.69, 9.17) is 9.47 Å². The SMILES string of the molecule is COc1cc(CN[C@@H](C)C2CCCCC2)cc(Br)c1OC. The van der Waals surface area contributed by atoms with Crippen molar-refractivity contribution in [2.45, 2.75) is 51.6 Å². The Bertz CT molecular complexity index is 458. The molecule has 0 aromatic heterocycles. The fourth-order valence-corrected chi connectivity index (χ4v) is 3.80. The molecule has 0 radical (unpaired) electrons. The number of ether oxygens (including phenoxy) is 2. The van der Waals surface area contributed by atoms with Crippen LogP contribution in [0.1, 0.15) is 44.6 Å². The number of benzene rings is 1. The summed E-state index contributed by atoms with van der Waals surface area (Å²) in [5.41, 5.74) is 1.21. The molecule has 1 atom stereocenters. The van der Waals surface area contributed by atoms with Crippen molar-refractivity contribution in [2.24, 2.45) is 5.92 Å². The van der Waals surface area contributed by atoms with Gasteiger partial charge in [0.15, 0.2) is 11.5 Å². The van der Waals surface area contributed by atoms with E-state index in [0.717, 1.165) is 28.4 Å². The van der Waals surface area contributed by atoms with Gasteiger partial charge in [0.25, 0.3) is 0 Å². The van der Waals surface area contributed by atoms with Crippen molar-refractivity contribution in [1.82, 2.24) is 5.32 Å². The van der Waals surface area contributed by atoms with Crippen molar-refractivity contribution in [3.63, 3.8) is 0 Å². The molecule has 1 aliphatic rings. The molecule has 0 spiro atoms. The van der Waals surface area contributed by atoms with Gasteiger partial charge in [0.05, 0.1) is 18.7 Å². The van der Waals surface area contributed by atoms with Crippen LogP contribution in [0.2, 0.25) is 0 Å². The molecule has 3 nitrogen and oxygen atoms in total. The number of methoxy groups -OCH3 is 2. The predicted octanol–water partition coefficient (Wildman–Crippen LogP) is 4.52. The lowest BCUT2D eigenvalue weighted by molar-refractivity contribution is 0.280. The first-order valence-corrected chi connectivity index (χ1v) is 8.58. The number of nitrogens with one attached hydrogen (secondary N) is 1. The summed E-state index contributed by atoms with van der Waals surface area (Å²) in [6.07, 6.45) is 6.91. The normalized spacial score (nSPS) is 17.5. The van der Waals surface area contributed by atoms with Gasteiger partial charge in [-0.3, -0.25) is 0 Å². The summed E-state index contributed by atoms with van der Waals surface area (Å²) in [5, 5.41) is 3.67. The molecular formula is C17H26BrNO2. The van der Waals surface area contributed by atoms with Gasteiger partial charge in [0.1, 0.15) is 0 Å². The van der Waals surface area contributed by atoms with Gasteiger partial charge in [-0.1, -0.05) is 19.3 Å². The summed E-state index contributed by atoms with van der Waals surface area (Å²) in [4.78, 5) is 0. The lowest BCUT2D eigenvalue weighted by Gasteiger charge is -2.28. The third-order valence-corrected chi connectivity index (χ3v) is 5.07. The minimum atomic E-state index is 0.567. The number of halogens is 1. The molecule has 1 N–H and O–H groups in total. The van der Waals surface area contributed by atoms with Gasteiger partial charge in [0.2, 0.25) is 0 Å². The first kappa shape index (κ1) is 16.6. The highest BCUT2D eigenvalue weighted by molar-refractivity contribution is 9.10. The molecule has 21 heavy (non-hydrogen) atoms. The molecule has 0 bridgehead atoms. The van der Waals surface area contributed by atoms with Gasteiger partial charge in [-0.15, -0.1) is 0 Å². The van der Waals surface area contributed by atoms with Gasteiger partial charge in [-0.05, 0) is 59.3 Å². The van der Waals surface area contributed by atoms with Crippen molar-refractivity contribution in [1.29, 1.82) is 0 Å². The zero-order valence-electron chi connectivity index (χ0n) is 13.2. The van der Waals surface area contributed by atoms with E-state index in [2.05, 4.69) is 34.2 Å². The molecule has 1 aromatic rings. The third kappa shape index (κ3) is 4.36. The van der Waals surface area contributed by atoms with Crippen molar-refractivity contribution in [3.05, 3.63) is 22.2 Å². The Morgan fingerprint density at radius 2 is 1.90 bits per heavy atom. The minimum absolute atomic E-state index is 0.567. The van der Waals surface area contributed by atoms with Crippen LogP contribution < -0.4 is 14.8 Å². The fourth-order valence-electron chi connectivity index (χ4n) is 3.15. The summed E-state index contributed by atoms with van der Waals surface area (Å²) in [6, 6.07) is 4.71. The second-order valence-electron chi connectivity index (χ2n) is 5.88. The van der Waals surface area contributed by atoms with Gasteiger partial charge in [-0.25, -0.2) is 0 Å². The molecule has 0 saturated heterocycles. The second-order valence-corrected chi connectivity index (χ2v) is 6.74. The monoisotopic (exact) mass is 355 g/mol. The molecule has 1 aliphatic carbocycles. The van der Waals surface area contributed by atoms with Crippen LogP contribution in [0.25, 0.3) is 0 Å². The Morgan fingerprint density at radius 3 is 2.52 bits per heavy atom. The second kappa shape index (κ2) is 8.04. The largest absolute Gasteiger partial charge is 0.493 e. The molecule has 1 fully saturated rings. The minimum Gasteiger partial charge on any atom is -0.493 e. The highest BCUT2D eigenvalue weighted by atomic mass is 79.9. The standard InChI is InChI=1S/C17H26BrNO2/c1-12(14-7-5-4-6-8-14)19-11-13-9-15(18)17(21-3)16(10-13)20-2/h9-10,12,14,19H,4-8,11H2,1-3H3/t12-/m0/s1. The van der Waals surface area contributed by atoms with Crippen molar-refractivity contribution in [3.8, 4) is 11.5 Å². The van der Waals surface area contributed by atoms with Crippen LogP contribution in [0.3, 0.4) is 0 Å². The lowest BCUT2D eigenvalue weighted by atomic mass is 9.84. The smallest absolute Gasteiger partial charge is 0.174 e. The maximum atomic E-state index is 5.40. The van der Waals surface area contributed by atoms with Crippen LogP contribution >= 0.6 is 15.9 Å². The van der Waals surface area contributed by atoms with E-state index in [1.54, 1.807) is 14.2 Å². The molecule has 0 unspecified atom stereocenters. The number of rotatable bonds is 6. The van der Waals surface area contributed by atoms with Gasteiger partial charge >= 0.3 is 0 Å². The van der Waals surface area contributed by atoms with E-state index in [0.29, 0.717) is 6.04 Å². The molecular weight excluding hydrogens is 330 g/mol. The Morgan fingerprint density at radius 1 is 1.19 bits per heavy atom. The first-order chi connectivity index (χ1) is 10.2. The number of hydrogen-bond donors (Lipinski definition) is 1. The van der Waals surface area contributed by atoms with Crippen LogP contribution in [0.15, 0.2) is 16.6 Å². The van der Waals surface area contributed by atoms with E-state index in [1.807, 2.05) is 6.07 Å². The van der Waals surface area contributed by atoms with Crippen LogP contribution in [-0.2, 0) is 6.54 Å². The van der Waals surface area contributed by atoms with Crippen LogP contribution in [-0.4, -0.2) is 20.3 Å². The number of hydrogen-bond acceptors (Lipinski definition) is 3. The first-order valence-electron chi connectivity index (χ1n) is 7.79. The van der Waals surface area contributed by atoms with E-state index in [1.165, 1.54) is 37.7 Å². The average molecular weight is 356 g/mol. The van der Waals surface area contributed by atoms with E-state index < -0.39 is 0 Å². The highest BCUT2D eigenvalue weighted by Gasteiger charge is 2.19. The summed E-state index contributed by atoms with van der Waals surface area (Å²) in [7, 11) is 3.33.